The number of nitrogens with zero attached hydrogens (tertiary/aromatic N) is 3. The van der Waals surface area contributed by atoms with Crippen LogP contribution < -0.4 is 10.6 Å². The standard InChI is InChI=1S/C26H29N5O2S/c1-4-13-31-14-9-21(10-15-31)26-30-23(17-34-26)19-5-7-20(8-6-19)24(32)29-22(16-18(2)3)25(33)28-12-11-27/h4-10,14,17-18,22H,1,12-13,15-16H2,2-3H3,(H,28,33)(H,29,32)/t22-/m0/s1. The second-order valence-corrected chi connectivity index (χ2v) is 9.22. The molecule has 2 heterocycles. The number of amides is 2. The van der Waals surface area contributed by atoms with Crippen LogP contribution in [0.5, 0.6) is 0 Å². The van der Waals surface area contributed by atoms with Crippen molar-refractivity contribution in [3.05, 3.63) is 71.2 Å². The van der Waals surface area contributed by atoms with Gasteiger partial charge in [-0.15, -0.1) is 17.9 Å². The highest BCUT2D eigenvalue weighted by molar-refractivity contribution is 7.11. The quantitative estimate of drug-likeness (QED) is 0.400. The summed E-state index contributed by atoms with van der Waals surface area (Å²) in [6.45, 7) is 9.27. The molecule has 2 amide bonds. The van der Waals surface area contributed by atoms with Gasteiger partial charge in [-0.1, -0.05) is 38.1 Å². The van der Waals surface area contributed by atoms with Crippen molar-refractivity contribution in [1.82, 2.24) is 20.5 Å². The van der Waals surface area contributed by atoms with Gasteiger partial charge in [-0.2, -0.15) is 5.26 Å². The van der Waals surface area contributed by atoms with Gasteiger partial charge >= 0.3 is 0 Å². The summed E-state index contributed by atoms with van der Waals surface area (Å²) in [5.41, 5.74) is 3.32. The van der Waals surface area contributed by atoms with E-state index in [-0.39, 0.29) is 24.3 Å². The number of hydrogen-bond donors (Lipinski definition) is 2. The molecule has 7 nitrogen and oxygen atoms in total. The van der Waals surface area contributed by atoms with Gasteiger partial charge < -0.3 is 15.5 Å². The average molecular weight is 476 g/mol. The van der Waals surface area contributed by atoms with Crippen molar-refractivity contribution in [3.63, 3.8) is 0 Å². The summed E-state index contributed by atoms with van der Waals surface area (Å²) in [7, 11) is 0. The summed E-state index contributed by atoms with van der Waals surface area (Å²) < 4.78 is 0. The van der Waals surface area contributed by atoms with Crippen molar-refractivity contribution < 1.29 is 9.59 Å². The van der Waals surface area contributed by atoms with Gasteiger partial charge in [0, 0.05) is 41.4 Å². The molecule has 1 aliphatic heterocycles. The number of carbonyl (C=O) groups is 2. The first-order valence-corrected chi connectivity index (χ1v) is 12.0. The van der Waals surface area contributed by atoms with Gasteiger partial charge in [0.15, 0.2) is 0 Å². The zero-order chi connectivity index (χ0) is 24.5. The lowest BCUT2D eigenvalue weighted by Gasteiger charge is -2.20. The molecule has 1 aromatic carbocycles. The Morgan fingerprint density at radius 3 is 2.71 bits per heavy atom. The number of nitrogens with one attached hydrogen (secondary N) is 2. The maximum Gasteiger partial charge on any atom is 0.251 e. The molecule has 0 saturated heterocycles. The second-order valence-electron chi connectivity index (χ2n) is 8.36. The smallest absolute Gasteiger partial charge is 0.251 e. The van der Waals surface area contributed by atoms with Crippen LogP contribution in [-0.4, -0.2) is 47.4 Å². The Labute approximate surface area is 204 Å². The van der Waals surface area contributed by atoms with E-state index in [1.165, 1.54) is 0 Å². The maximum absolute atomic E-state index is 12.8. The van der Waals surface area contributed by atoms with E-state index in [4.69, 9.17) is 10.2 Å². The Morgan fingerprint density at radius 2 is 2.09 bits per heavy atom. The minimum absolute atomic E-state index is 0.0899. The topological polar surface area (TPSA) is 98.1 Å². The summed E-state index contributed by atoms with van der Waals surface area (Å²) in [5, 5.41) is 17.0. The van der Waals surface area contributed by atoms with E-state index < -0.39 is 6.04 Å². The molecule has 0 bridgehead atoms. The number of thiazole rings is 1. The summed E-state index contributed by atoms with van der Waals surface area (Å²) in [4.78, 5) is 32.0. The van der Waals surface area contributed by atoms with Crippen molar-refractivity contribution in [2.24, 2.45) is 5.92 Å². The van der Waals surface area contributed by atoms with E-state index in [1.807, 2.05) is 43.5 Å². The predicted octanol–water partition coefficient (Wildman–Crippen LogP) is 3.99. The van der Waals surface area contributed by atoms with E-state index in [0.29, 0.717) is 12.0 Å². The number of rotatable bonds is 10. The van der Waals surface area contributed by atoms with Crippen LogP contribution in [0.15, 0.2) is 60.7 Å². The Morgan fingerprint density at radius 1 is 1.32 bits per heavy atom. The van der Waals surface area contributed by atoms with Crippen LogP contribution in [0.2, 0.25) is 0 Å². The van der Waals surface area contributed by atoms with Crippen molar-refractivity contribution in [2.75, 3.05) is 19.6 Å². The molecule has 3 rings (SSSR count). The molecular weight excluding hydrogens is 446 g/mol. The normalized spacial score (nSPS) is 13.7. The third-order valence-electron chi connectivity index (χ3n) is 5.24. The van der Waals surface area contributed by atoms with Crippen LogP contribution in [0.4, 0.5) is 0 Å². The third-order valence-corrected chi connectivity index (χ3v) is 6.13. The van der Waals surface area contributed by atoms with Crippen molar-refractivity contribution in [2.45, 2.75) is 26.3 Å². The molecule has 0 fully saturated rings. The van der Waals surface area contributed by atoms with Gasteiger partial charge in [-0.25, -0.2) is 4.98 Å². The molecule has 34 heavy (non-hydrogen) atoms. The van der Waals surface area contributed by atoms with Crippen molar-refractivity contribution >= 4 is 28.7 Å². The molecule has 1 aliphatic rings. The fourth-order valence-corrected chi connectivity index (χ4v) is 4.37. The van der Waals surface area contributed by atoms with E-state index in [0.717, 1.165) is 34.9 Å². The van der Waals surface area contributed by atoms with Gasteiger partial charge in [0.2, 0.25) is 5.91 Å². The molecule has 0 radical (unpaired) electrons. The third kappa shape index (κ3) is 6.65. The van der Waals surface area contributed by atoms with Gasteiger partial charge in [0.25, 0.3) is 5.91 Å². The van der Waals surface area contributed by atoms with Gasteiger partial charge in [-0.3, -0.25) is 9.59 Å². The van der Waals surface area contributed by atoms with E-state index in [9.17, 15) is 9.59 Å². The first kappa shape index (κ1) is 24.9. The molecule has 2 aromatic rings. The highest BCUT2D eigenvalue weighted by Crippen LogP contribution is 2.28. The van der Waals surface area contributed by atoms with Crippen molar-refractivity contribution in [1.29, 1.82) is 5.26 Å². The summed E-state index contributed by atoms with van der Waals surface area (Å²) >= 11 is 1.58. The maximum atomic E-state index is 12.8. The number of carbonyl (C=O) groups excluding carboxylic acids is 2. The lowest BCUT2D eigenvalue weighted by atomic mass is 10.0. The zero-order valence-electron chi connectivity index (χ0n) is 19.5. The van der Waals surface area contributed by atoms with E-state index in [1.54, 1.807) is 23.5 Å². The lowest BCUT2D eigenvalue weighted by molar-refractivity contribution is -0.123. The summed E-state index contributed by atoms with van der Waals surface area (Å²) in [5.74, 6) is -0.475. The monoisotopic (exact) mass is 475 g/mol. The fraction of sp³-hybridized carbons (Fsp3) is 0.308. The number of nitriles is 1. The number of benzene rings is 1. The summed E-state index contributed by atoms with van der Waals surface area (Å²) in [6, 6.07) is 8.37. The minimum Gasteiger partial charge on any atom is -0.370 e. The van der Waals surface area contributed by atoms with E-state index in [2.05, 4.69) is 40.5 Å². The number of allylic oxidation sites excluding steroid dienone is 2. The Balaban J connectivity index is 1.66. The van der Waals surface area contributed by atoms with Gasteiger partial charge in [-0.05, 0) is 30.5 Å². The predicted molar refractivity (Wildman–Crippen MR) is 136 cm³/mol. The largest absolute Gasteiger partial charge is 0.370 e. The summed E-state index contributed by atoms with van der Waals surface area (Å²) in [6.07, 6.45) is 8.63. The van der Waals surface area contributed by atoms with Crippen LogP contribution in [-0.2, 0) is 4.79 Å². The number of hydrogen-bond acceptors (Lipinski definition) is 6. The Hall–Kier alpha value is -3.70. The molecule has 0 saturated carbocycles. The van der Waals surface area contributed by atoms with Crippen LogP contribution >= 0.6 is 11.3 Å². The first-order valence-electron chi connectivity index (χ1n) is 11.2. The molecule has 176 valence electrons. The van der Waals surface area contributed by atoms with Crippen LogP contribution in [0.3, 0.4) is 0 Å². The second kappa shape index (κ2) is 12.0. The molecular formula is C26H29N5O2S. The molecule has 0 spiro atoms. The molecule has 2 N–H and O–H groups in total. The highest BCUT2D eigenvalue weighted by Gasteiger charge is 2.22. The molecule has 1 aromatic heterocycles. The molecule has 1 atom stereocenters. The molecule has 0 aliphatic carbocycles. The Bertz CT molecular complexity index is 1120. The van der Waals surface area contributed by atoms with E-state index >= 15 is 0 Å². The number of aromatic nitrogens is 1. The molecule has 8 heteroatoms. The lowest BCUT2D eigenvalue weighted by Crippen LogP contribution is -2.47. The fourth-order valence-electron chi connectivity index (χ4n) is 3.52. The van der Waals surface area contributed by atoms with Crippen LogP contribution in [0.1, 0.15) is 35.6 Å². The molecule has 0 unspecified atom stereocenters. The van der Waals surface area contributed by atoms with Crippen molar-refractivity contribution in [3.8, 4) is 17.3 Å². The first-order chi connectivity index (χ1) is 16.4. The average Bonchev–Trinajstić information content (AvgIpc) is 3.33. The van der Waals surface area contributed by atoms with Gasteiger partial charge in [0.1, 0.15) is 17.6 Å². The SMILES string of the molecule is C=CCN1C=CC(c2nc(-c3ccc(C(=O)N[C@@H](CC(C)C)C(=O)NCC#N)cc3)cs2)=CC1. The van der Waals surface area contributed by atoms with Gasteiger partial charge in [0.05, 0.1) is 11.8 Å². The minimum atomic E-state index is -0.694. The zero-order valence-corrected chi connectivity index (χ0v) is 20.3. The highest BCUT2D eigenvalue weighted by atomic mass is 32.1. The van der Waals surface area contributed by atoms with Crippen LogP contribution in [0.25, 0.3) is 16.8 Å². The Kier molecular flexibility index (Phi) is 8.77. The van der Waals surface area contributed by atoms with Crippen LogP contribution in [0, 0.1) is 17.2 Å².